The monoisotopic (exact) mass is 388 g/mol. The molecule has 0 unspecified atom stereocenters. The van der Waals surface area contributed by atoms with Gasteiger partial charge >= 0.3 is 0 Å². The summed E-state index contributed by atoms with van der Waals surface area (Å²) in [5.41, 5.74) is 4.11. The van der Waals surface area contributed by atoms with Crippen LogP contribution in [0.3, 0.4) is 0 Å². The Morgan fingerprint density at radius 1 is 0.600 bits per heavy atom. The Kier molecular flexibility index (Phi) is 4.19. The van der Waals surface area contributed by atoms with E-state index in [0.29, 0.717) is 6.61 Å². The first-order valence-electron chi connectivity index (χ1n) is 10.9. The summed E-state index contributed by atoms with van der Waals surface area (Å²) in [5.74, 6) is 1.07. The Labute approximate surface area is 176 Å². The van der Waals surface area contributed by atoms with E-state index >= 15 is 0 Å². The van der Waals surface area contributed by atoms with Crippen LogP contribution >= 0.6 is 0 Å². The van der Waals surface area contributed by atoms with Crippen molar-refractivity contribution in [3.05, 3.63) is 102 Å². The van der Waals surface area contributed by atoms with Crippen molar-refractivity contribution in [1.82, 2.24) is 0 Å². The lowest BCUT2D eigenvalue weighted by atomic mass is 9.91. The SMILES string of the molecule is c1cc2c(c(OCc3ccc4c(ccc5c6ccccc6ccc45)c3)c1)CCCC2. The van der Waals surface area contributed by atoms with E-state index in [1.165, 1.54) is 68.3 Å². The lowest BCUT2D eigenvalue weighted by molar-refractivity contribution is 0.301. The zero-order valence-electron chi connectivity index (χ0n) is 17.0. The molecule has 0 bridgehead atoms. The number of benzene rings is 5. The van der Waals surface area contributed by atoms with Gasteiger partial charge in [-0.05, 0) is 86.8 Å². The molecule has 1 heteroatoms. The molecule has 0 radical (unpaired) electrons. The standard InChI is InChI=1S/C29H24O/c1-3-9-24-22(7-1)13-16-28-25-15-12-20(18-23(25)14-17-27(24)28)19-30-29-11-5-8-21-6-2-4-10-26(21)29/h1,3,5,7-9,11-18H,2,4,6,10,19H2. The second-order valence-corrected chi connectivity index (χ2v) is 8.39. The summed E-state index contributed by atoms with van der Waals surface area (Å²) >= 11 is 0. The molecule has 1 aliphatic rings. The lowest BCUT2D eigenvalue weighted by Gasteiger charge is -2.19. The summed E-state index contributed by atoms with van der Waals surface area (Å²) < 4.78 is 6.28. The first kappa shape index (κ1) is 17.5. The van der Waals surface area contributed by atoms with Crippen molar-refractivity contribution in [2.24, 2.45) is 0 Å². The number of aryl methyl sites for hydroxylation is 1. The van der Waals surface area contributed by atoms with Crippen molar-refractivity contribution in [2.45, 2.75) is 32.3 Å². The summed E-state index contributed by atoms with van der Waals surface area (Å²) in [6.07, 6.45) is 4.89. The molecule has 0 saturated heterocycles. The van der Waals surface area contributed by atoms with Gasteiger partial charge in [0.15, 0.2) is 0 Å². The largest absolute Gasteiger partial charge is 0.489 e. The molecule has 0 amide bonds. The van der Waals surface area contributed by atoms with Gasteiger partial charge in [-0.15, -0.1) is 0 Å². The second kappa shape index (κ2) is 7.18. The van der Waals surface area contributed by atoms with Crippen molar-refractivity contribution in [1.29, 1.82) is 0 Å². The Balaban J connectivity index is 1.35. The molecule has 0 atom stereocenters. The smallest absolute Gasteiger partial charge is 0.123 e. The van der Waals surface area contributed by atoms with Crippen LogP contribution in [-0.2, 0) is 19.4 Å². The van der Waals surface area contributed by atoms with Gasteiger partial charge in [-0.3, -0.25) is 0 Å². The molecule has 0 fully saturated rings. The fourth-order valence-corrected chi connectivity index (χ4v) is 5.01. The molecule has 6 rings (SSSR count). The maximum absolute atomic E-state index is 6.28. The van der Waals surface area contributed by atoms with Crippen LogP contribution in [0.2, 0.25) is 0 Å². The predicted octanol–water partition coefficient (Wildman–Crippen LogP) is 7.60. The molecule has 0 spiro atoms. The molecule has 0 heterocycles. The summed E-state index contributed by atoms with van der Waals surface area (Å²) in [7, 11) is 0. The highest BCUT2D eigenvalue weighted by Gasteiger charge is 2.14. The Morgan fingerprint density at radius 2 is 1.37 bits per heavy atom. The molecular formula is C29H24O. The number of hydrogen-bond acceptors (Lipinski definition) is 1. The van der Waals surface area contributed by atoms with E-state index in [1.807, 2.05) is 0 Å². The van der Waals surface area contributed by atoms with Crippen molar-refractivity contribution >= 4 is 32.3 Å². The molecule has 146 valence electrons. The maximum Gasteiger partial charge on any atom is 0.123 e. The minimum Gasteiger partial charge on any atom is -0.489 e. The molecule has 30 heavy (non-hydrogen) atoms. The summed E-state index contributed by atoms with van der Waals surface area (Å²) in [5, 5.41) is 7.82. The molecule has 0 aromatic heterocycles. The van der Waals surface area contributed by atoms with Crippen molar-refractivity contribution in [3.8, 4) is 5.75 Å². The third-order valence-corrected chi connectivity index (χ3v) is 6.55. The van der Waals surface area contributed by atoms with E-state index in [0.717, 1.165) is 12.2 Å². The first-order valence-corrected chi connectivity index (χ1v) is 10.9. The topological polar surface area (TPSA) is 9.23 Å². The zero-order chi connectivity index (χ0) is 19.9. The van der Waals surface area contributed by atoms with Gasteiger partial charge in [0, 0.05) is 0 Å². The number of fused-ring (bicyclic) bond motifs is 6. The second-order valence-electron chi connectivity index (χ2n) is 8.39. The summed E-state index contributed by atoms with van der Waals surface area (Å²) in [6.45, 7) is 0.613. The van der Waals surface area contributed by atoms with E-state index in [-0.39, 0.29) is 0 Å². The molecule has 0 saturated carbocycles. The first-order chi connectivity index (χ1) is 14.9. The fraction of sp³-hybridized carbons (Fsp3) is 0.172. The van der Waals surface area contributed by atoms with Crippen LogP contribution < -0.4 is 4.74 Å². The van der Waals surface area contributed by atoms with Gasteiger partial charge in [0.1, 0.15) is 12.4 Å². The Morgan fingerprint density at radius 3 is 2.30 bits per heavy atom. The number of hydrogen-bond donors (Lipinski definition) is 0. The summed E-state index contributed by atoms with van der Waals surface area (Å²) in [4.78, 5) is 0. The number of rotatable bonds is 3. The summed E-state index contributed by atoms with van der Waals surface area (Å²) in [6, 6.07) is 30.9. The van der Waals surface area contributed by atoms with Crippen LogP contribution in [-0.4, -0.2) is 0 Å². The van der Waals surface area contributed by atoms with Gasteiger partial charge < -0.3 is 4.74 Å². The highest BCUT2D eigenvalue weighted by Crippen LogP contribution is 2.33. The molecule has 1 nitrogen and oxygen atoms in total. The van der Waals surface area contributed by atoms with Gasteiger partial charge in [-0.2, -0.15) is 0 Å². The van der Waals surface area contributed by atoms with Crippen LogP contribution in [0.4, 0.5) is 0 Å². The van der Waals surface area contributed by atoms with Crippen LogP contribution in [0.5, 0.6) is 5.75 Å². The third kappa shape index (κ3) is 2.93. The molecule has 0 aliphatic heterocycles. The van der Waals surface area contributed by atoms with Gasteiger partial charge in [-0.25, -0.2) is 0 Å². The van der Waals surface area contributed by atoms with Gasteiger partial charge in [-0.1, -0.05) is 72.8 Å². The average Bonchev–Trinajstić information content (AvgIpc) is 2.82. The predicted molar refractivity (Wildman–Crippen MR) is 126 cm³/mol. The third-order valence-electron chi connectivity index (χ3n) is 6.55. The normalized spacial score (nSPS) is 13.6. The van der Waals surface area contributed by atoms with Crippen molar-refractivity contribution in [2.75, 3.05) is 0 Å². The van der Waals surface area contributed by atoms with Crippen molar-refractivity contribution < 1.29 is 4.74 Å². The highest BCUT2D eigenvalue weighted by atomic mass is 16.5. The quantitative estimate of drug-likeness (QED) is 0.289. The Bertz CT molecular complexity index is 1400. The van der Waals surface area contributed by atoms with Gasteiger partial charge in [0.25, 0.3) is 0 Å². The van der Waals surface area contributed by atoms with Crippen molar-refractivity contribution in [3.63, 3.8) is 0 Å². The Hall–Kier alpha value is -3.32. The van der Waals surface area contributed by atoms with E-state index in [2.05, 4.69) is 84.9 Å². The van der Waals surface area contributed by atoms with Crippen LogP contribution in [0.15, 0.2) is 84.9 Å². The number of ether oxygens (including phenoxy) is 1. The zero-order valence-corrected chi connectivity index (χ0v) is 17.0. The lowest BCUT2D eigenvalue weighted by Crippen LogP contribution is -2.06. The van der Waals surface area contributed by atoms with Crippen LogP contribution in [0, 0.1) is 0 Å². The van der Waals surface area contributed by atoms with E-state index in [9.17, 15) is 0 Å². The van der Waals surface area contributed by atoms with Crippen LogP contribution in [0.1, 0.15) is 29.5 Å². The molecular weight excluding hydrogens is 364 g/mol. The fourth-order valence-electron chi connectivity index (χ4n) is 5.01. The minimum atomic E-state index is 0.613. The molecule has 1 aliphatic carbocycles. The maximum atomic E-state index is 6.28. The minimum absolute atomic E-state index is 0.613. The van der Waals surface area contributed by atoms with E-state index < -0.39 is 0 Å². The molecule has 0 N–H and O–H groups in total. The van der Waals surface area contributed by atoms with Gasteiger partial charge in [0.05, 0.1) is 0 Å². The highest BCUT2D eigenvalue weighted by molar-refractivity contribution is 6.17. The molecule has 5 aromatic carbocycles. The molecule has 5 aromatic rings. The van der Waals surface area contributed by atoms with E-state index in [4.69, 9.17) is 4.74 Å². The van der Waals surface area contributed by atoms with E-state index in [1.54, 1.807) is 0 Å². The van der Waals surface area contributed by atoms with Gasteiger partial charge in [0.2, 0.25) is 0 Å². The van der Waals surface area contributed by atoms with Crippen LogP contribution in [0.25, 0.3) is 32.3 Å². The average molecular weight is 389 g/mol.